The lowest BCUT2D eigenvalue weighted by Crippen LogP contribution is -2.43. The second-order valence-electron chi connectivity index (χ2n) is 10.9. The number of ether oxygens (including phenoxy) is 1. The van der Waals surface area contributed by atoms with Gasteiger partial charge in [-0.25, -0.2) is 9.69 Å². The molecule has 36 heavy (non-hydrogen) atoms. The van der Waals surface area contributed by atoms with Crippen LogP contribution in [0.5, 0.6) is 0 Å². The third-order valence-electron chi connectivity index (χ3n) is 7.67. The summed E-state index contributed by atoms with van der Waals surface area (Å²) in [6, 6.07) is 9.93. The van der Waals surface area contributed by atoms with Crippen molar-refractivity contribution >= 4 is 12.0 Å². The van der Waals surface area contributed by atoms with Gasteiger partial charge in [-0.05, 0) is 24.8 Å². The van der Waals surface area contributed by atoms with E-state index in [4.69, 9.17) is 4.74 Å². The van der Waals surface area contributed by atoms with Crippen LogP contribution < -0.4 is 0 Å². The molecule has 4 nitrogen and oxygen atoms in total. The van der Waals surface area contributed by atoms with E-state index in [0.29, 0.717) is 13.0 Å². The van der Waals surface area contributed by atoms with Gasteiger partial charge in [0.05, 0.1) is 6.04 Å². The van der Waals surface area contributed by atoms with Gasteiger partial charge in [0.1, 0.15) is 6.61 Å². The predicted molar refractivity (Wildman–Crippen MR) is 150 cm³/mol. The zero-order valence-corrected chi connectivity index (χ0v) is 23.4. The van der Waals surface area contributed by atoms with Gasteiger partial charge in [0, 0.05) is 5.92 Å². The van der Waals surface area contributed by atoms with Crippen molar-refractivity contribution in [2.45, 2.75) is 142 Å². The number of unbranched alkanes of at least 4 members (excludes halogenated alkanes) is 14. The summed E-state index contributed by atoms with van der Waals surface area (Å²) in [6.07, 6.45) is 22.3. The Bertz CT molecular complexity index is 705. The van der Waals surface area contributed by atoms with Crippen molar-refractivity contribution in [2.75, 3.05) is 6.61 Å². The second-order valence-corrected chi connectivity index (χ2v) is 10.9. The molecule has 2 atom stereocenters. The van der Waals surface area contributed by atoms with Crippen LogP contribution in [0.4, 0.5) is 4.79 Å². The Balaban J connectivity index is 1.80. The van der Waals surface area contributed by atoms with Crippen LogP contribution in [-0.4, -0.2) is 29.5 Å². The summed E-state index contributed by atoms with van der Waals surface area (Å²) in [4.78, 5) is 27.7. The van der Waals surface area contributed by atoms with Crippen molar-refractivity contribution in [1.29, 1.82) is 0 Å². The van der Waals surface area contributed by atoms with Gasteiger partial charge in [0.2, 0.25) is 5.91 Å². The molecule has 0 spiro atoms. The van der Waals surface area contributed by atoms with Crippen LogP contribution in [0, 0.1) is 5.92 Å². The van der Waals surface area contributed by atoms with Gasteiger partial charge in [-0.3, -0.25) is 4.79 Å². The van der Waals surface area contributed by atoms with E-state index in [2.05, 4.69) is 26.0 Å². The average molecular weight is 500 g/mol. The first-order chi connectivity index (χ1) is 17.7. The summed E-state index contributed by atoms with van der Waals surface area (Å²) in [6.45, 7) is 4.80. The molecule has 4 heteroatoms. The molecular formula is C32H53NO3. The van der Waals surface area contributed by atoms with E-state index in [1.165, 1.54) is 94.8 Å². The highest BCUT2D eigenvalue weighted by Gasteiger charge is 2.40. The molecule has 0 bridgehead atoms. The summed E-state index contributed by atoms with van der Waals surface area (Å²) in [7, 11) is 0. The number of cyclic esters (lactones) is 1. The Labute approximate surface area is 221 Å². The van der Waals surface area contributed by atoms with E-state index in [9.17, 15) is 9.59 Å². The molecule has 0 saturated carbocycles. The molecule has 204 valence electrons. The standard InChI is InChI=1S/C32H53NO3/c1-3-5-7-9-10-11-12-13-14-16-21-25-29(24-20-15-8-6-4-2)31(34)33-30(27-36-32(33)35)26-28-22-18-17-19-23-28/h17-19,22-23,29-30H,3-16,20-21,24-27H2,1-2H3. The second kappa shape index (κ2) is 19.3. The fourth-order valence-corrected chi connectivity index (χ4v) is 5.40. The lowest BCUT2D eigenvalue weighted by molar-refractivity contribution is -0.134. The highest BCUT2D eigenvalue weighted by Crippen LogP contribution is 2.26. The fraction of sp³-hybridized carbons (Fsp3) is 0.750. The third kappa shape index (κ3) is 11.9. The molecule has 0 radical (unpaired) electrons. The number of hydrogen-bond acceptors (Lipinski definition) is 3. The Kier molecular flexibility index (Phi) is 16.3. The van der Waals surface area contributed by atoms with Gasteiger partial charge < -0.3 is 4.74 Å². The molecule has 1 aliphatic rings. The minimum absolute atomic E-state index is 0.000928. The van der Waals surface area contributed by atoms with Crippen LogP contribution in [0.1, 0.15) is 135 Å². The average Bonchev–Trinajstić information content (AvgIpc) is 3.25. The molecule has 1 aliphatic heterocycles. The number of carbonyl (C=O) groups is 2. The monoisotopic (exact) mass is 499 g/mol. The number of carbonyl (C=O) groups excluding carboxylic acids is 2. The molecule has 1 aromatic carbocycles. The van der Waals surface area contributed by atoms with Gasteiger partial charge in [-0.15, -0.1) is 0 Å². The number of hydrogen-bond donors (Lipinski definition) is 0. The Morgan fingerprint density at radius 1 is 0.778 bits per heavy atom. The molecule has 1 aromatic rings. The zero-order chi connectivity index (χ0) is 25.8. The first-order valence-corrected chi connectivity index (χ1v) is 15.2. The predicted octanol–water partition coefficient (Wildman–Crippen LogP) is 9.25. The molecule has 0 aromatic heterocycles. The first kappa shape index (κ1) is 30.4. The maximum absolute atomic E-state index is 13.6. The van der Waals surface area contributed by atoms with Gasteiger partial charge >= 0.3 is 6.09 Å². The molecule has 0 aliphatic carbocycles. The van der Waals surface area contributed by atoms with Crippen molar-refractivity contribution in [1.82, 2.24) is 4.90 Å². The number of nitrogens with zero attached hydrogens (tertiary/aromatic N) is 1. The minimum Gasteiger partial charge on any atom is -0.447 e. The van der Waals surface area contributed by atoms with E-state index < -0.39 is 6.09 Å². The molecule has 2 amide bonds. The fourth-order valence-electron chi connectivity index (χ4n) is 5.40. The maximum atomic E-state index is 13.6. The van der Waals surface area contributed by atoms with Crippen LogP contribution in [0.15, 0.2) is 30.3 Å². The smallest absolute Gasteiger partial charge is 0.416 e. The number of amides is 2. The summed E-state index contributed by atoms with van der Waals surface area (Å²) < 4.78 is 5.36. The highest BCUT2D eigenvalue weighted by atomic mass is 16.6. The Morgan fingerprint density at radius 2 is 1.25 bits per heavy atom. The van der Waals surface area contributed by atoms with Gasteiger partial charge in [-0.1, -0.05) is 147 Å². The minimum atomic E-state index is -0.448. The zero-order valence-electron chi connectivity index (χ0n) is 23.4. The molecule has 1 fully saturated rings. The van der Waals surface area contributed by atoms with E-state index in [0.717, 1.165) is 31.2 Å². The maximum Gasteiger partial charge on any atom is 0.416 e. The summed E-state index contributed by atoms with van der Waals surface area (Å²) in [5, 5.41) is 0. The first-order valence-electron chi connectivity index (χ1n) is 15.2. The molecule has 0 N–H and O–H groups in total. The van der Waals surface area contributed by atoms with Crippen LogP contribution in [0.25, 0.3) is 0 Å². The lowest BCUT2D eigenvalue weighted by atomic mass is 9.92. The lowest BCUT2D eigenvalue weighted by Gasteiger charge is -2.25. The molecule has 2 rings (SSSR count). The van der Waals surface area contributed by atoms with Crippen LogP contribution in [-0.2, 0) is 16.0 Å². The molecule has 2 unspecified atom stereocenters. The molecule has 1 saturated heterocycles. The van der Waals surface area contributed by atoms with Crippen LogP contribution in [0.2, 0.25) is 0 Å². The van der Waals surface area contributed by atoms with Crippen molar-refractivity contribution in [3.8, 4) is 0 Å². The van der Waals surface area contributed by atoms with E-state index in [1.807, 2.05) is 18.2 Å². The van der Waals surface area contributed by atoms with E-state index in [1.54, 1.807) is 0 Å². The summed E-state index contributed by atoms with van der Waals surface area (Å²) in [5.74, 6) is -0.0601. The van der Waals surface area contributed by atoms with Crippen molar-refractivity contribution in [3.05, 3.63) is 35.9 Å². The SMILES string of the molecule is CCCCCCCCCCCCCC(CCCCCCC)C(=O)N1C(=O)OCC1Cc1ccccc1. The van der Waals surface area contributed by atoms with Crippen molar-refractivity contribution < 1.29 is 14.3 Å². The van der Waals surface area contributed by atoms with Crippen LogP contribution in [0.3, 0.4) is 0 Å². The molecular weight excluding hydrogens is 446 g/mol. The van der Waals surface area contributed by atoms with Crippen LogP contribution >= 0.6 is 0 Å². The number of benzene rings is 1. The van der Waals surface area contributed by atoms with Crippen molar-refractivity contribution in [3.63, 3.8) is 0 Å². The largest absolute Gasteiger partial charge is 0.447 e. The van der Waals surface area contributed by atoms with Gasteiger partial charge in [0.15, 0.2) is 0 Å². The van der Waals surface area contributed by atoms with E-state index in [-0.39, 0.29) is 17.9 Å². The third-order valence-corrected chi connectivity index (χ3v) is 7.67. The normalized spacial score (nSPS) is 16.3. The Morgan fingerprint density at radius 3 is 1.75 bits per heavy atom. The summed E-state index contributed by atoms with van der Waals surface area (Å²) >= 11 is 0. The highest BCUT2D eigenvalue weighted by molar-refractivity contribution is 5.94. The summed E-state index contributed by atoms with van der Waals surface area (Å²) in [5.41, 5.74) is 1.14. The quantitative estimate of drug-likeness (QED) is 0.158. The molecule has 1 heterocycles. The number of rotatable bonds is 21. The Hall–Kier alpha value is -1.84. The van der Waals surface area contributed by atoms with Crippen molar-refractivity contribution in [2.24, 2.45) is 5.92 Å². The number of imide groups is 1. The van der Waals surface area contributed by atoms with E-state index >= 15 is 0 Å². The van der Waals surface area contributed by atoms with Gasteiger partial charge in [0.25, 0.3) is 0 Å². The van der Waals surface area contributed by atoms with Gasteiger partial charge in [-0.2, -0.15) is 0 Å². The topological polar surface area (TPSA) is 46.6 Å².